The number of hydrogen-bond donors (Lipinski definition) is 0. The van der Waals surface area contributed by atoms with Gasteiger partial charge in [0.05, 0.1) is 0 Å². The van der Waals surface area contributed by atoms with Gasteiger partial charge >= 0.3 is 0 Å². The molecule has 7 heavy (non-hydrogen) atoms. The van der Waals surface area contributed by atoms with E-state index in [0.717, 1.165) is 12.2 Å². The van der Waals surface area contributed by atoms with Crippen molar-refractivity contribution in [1.82, 2.24) is 0 Å². The zero-order valence-corrected chi connectivity index (χ0v) is 5.17. The van der Waals surface area contributed by atoms with Crippen molar-refractivity contribution in [3.63, 3.8) is 0 Å². The molecule has 0 spiro atoms. The van der Waals surface area contributed by atoms with Crippen LogP contribution in [0, 0.1) is 0 Å². The van der Waals surface area contributed by atoms with Gasteiger partial charge in [-0.1, -0.05) is 6.92 Å². The fraction of sp³-hybridized carbons (Fsp3) is 1.00. The minimum Gasteiger partial charge on any atom is -0.247 e. The molecular formula is C5H9FS. The molecule has 0 aromatic carbocycles. The second kappa shape index (κ2) is 2.03. The van der Waals surface area contributed by atoms with E-state index in [4.69, 9.17) is 0 Å². The van der Waals surface area contributed by atoms with Crippen LogP contribution in [0.25, 0.3) is 0 Å². The van der Waals surface area contributed by atoms with E-state index < -0.39 is 6.17 Å². The molecule has 0 nitrogen and oxygen atoms in total. The van der Waals surface area contributed by atoms with Crippen LogP contribution >= 0.6 is 11.8 Å². The first-order valence-electron chi connectivity index (χ1n) is 2.54. The van der Waals surface area contributed by atoms with E-state index in [1.165, 1.54) is 0 Å². The van der Waals surface area contributed by atoms with E-state index in [0.29, 0.717) is 5.25 Å². The molecule has 1 fully saturated rings. The van der Waals surface area contributed by atoms with E-state index in [1.807, 2.05) is 0 Å². The summed E-state index contributed by atoms with van der Waals surface area (Å²) in [5.41, 5.74) is 0. The summed E-state index contributed by atoms with van der Waals surface area (Å²) in [6.45, 7) is 2.07. The quantitative estimate of drug-likeness (QED) is 0.470. The maximum atomic E-state index is 12.2. The van der Waals surface area contributed by atoms with Crippen LogP contribution in [-0.2, 0) is 0 Å². The lowest BCUT2D eigenvalue weighted by Gasteiger charge is -1.92. The first-order chi connectivity index (χ1) is 3.29. The van der Waals surface area contributed by atoms with Crippen molar-refractivity contribution >= 4 is 11.8 Å². The summed E-state index contributed by atoms with van der Waals surface area (Å²) < 4.78 is 12.2. The lowest BCUT2D eigenvalue weighted by Crippen LogP contribution is -1.96. The SMILES string of the molecule is CC1CC(F)CS1. The molecule has 1 aliphatic heterocycles. The van der Waals surface area contributed by atoms with Crippen molar-refractivity contribution in [2.75, 3.05) is 5.75 Å². The van der Waals surface area contributed by atoms with Gasteiger partial charge in [-0.25, -0.2) is 4.39 Å². The highest BCUT2D eigenvalue weighted by atomic mass is 32.2. The molecule has 0 aromatic heterocycles. The highest BCUT2D eigenvalue weighted by Gasteiger charge is 2.20. The summed E-state index contributed by atoms with van der Waals surface area (Å²) >= 11 is 1.73. The van der Waals surface area contributed by atoms with Gasteiger partial charge in [0.25, 0.3) is 0 Å². The molecule has 42 valence electrons. The molecule has 1 heterocycles. The van der Waals surface area contributed by atoms with Crippen LogP contribution in [0.1, 0.15) is 13.3 Å². The van der Waals surface area contributed by atoms with Gasteiger partial charge in [0.2, 0.25) is 0 Å². The molecule has 1 aliphatic rings. The van der Waals surface area contributed by atoms with Crippen LogP contribution < -0.4 is 0 Å². The fourth-order valence-corrected chi connectivity index (χ4v) is 1.78. The van der Waals surface area contributed by atoms with Gasteiger partial charge in [0.15, 0.2) is 0 Å². The Bertz CT molecular complexity index is 57.1. The molecule has 0 radical (unpaired) electrons. The monoisotopic (exact) mass is 120 g/mol. The van der Waals surface area contributed by atoms with Gasteiger partial charge < -0.3 is 0 Å². The summed E-state index contributed by atoms with van der Waals surface area (Å²) in [4.78, 5) is 0. The summed E-state index contributed by atoms with van der Waals surface area (Å²) in [6, 6.07) is 0. The summed E-state index contributed by atoms with van der Waals surface area (Å²) in [6.07, 6.45) is 0.255. The molecule has 2 unspecified atom stereocenters. The van der Waals surface area contributed by atoms with Crippen LogP contribution in [0.4, 0.5) is 4.39 Å². The van der Waals surface area contributed by atoms with Crippen molar-refractivity contribution < 1.29 is 4.39 Å². The normalized spacial score (nSPS) is 42.0. The lowest BCUT2D eigenvalue weighted by molar-refractivity contribution is 0.360. The fourth-order valence-electron chi connectivity index (χ4n) is 0.765. The predicted molar refractivity (Wildman–Crippen MR) is 31.4 cm³/mol. The standard InChI is InChI=1S/C5H9FS/c1-4-2-5(6)3-7-4/h4-5H,2-3H2,1H3. The van der Waals surface area contributed by atoms with Gasteiger partial charge in [0.1, 0.15) is 6.17 Å². The van der Waals surface area contributed by atoms with Crippen molar-refractivity contribution in [3.05, 3.63) is 0 Å². The molecule has 2 atom stereocenters. The van der Waals surface area contributed by atoms with Gasteiger partial charge in [-0.15, -0.1) is 0 Å². The number of alkyl halides is 1. The molecule has 0 aliphatic carbocycles. The van der Waals surface area contributed by atoms with Gasteiger partial charge in [-0.2, -0.15) is 11.8 Å². The Morgan fingerprint density at radius 3 is 2.57 bits per heavy atom. The molecule has 0 bridgehead atoms. The third-order valence-corrected chi connectivity index (χ3v) is 2.46. The Balaban J connectivity index is 2.26. The number of rotatable bonds is 0. The summed E-state index contributed by atoms with van der Waals surface area (Å²) in [7, 11) is 0. The molecule has 1 saturated heterocycles. The maximum Gasteiger partial charge on any atom is 0.110 e. The maximum absolute atomic E-state index is 12.2. The smallest absolute Gasteiger partial charge is 0.110 e. The van der Waals surface area contributed by atoms with Crippen LogP contribution in [0.2, 0.25) is 0 Å². The summed E-state index contributed by atoms with van der Waals surface area (Å²) in [5, 5.41) is 0.565. The molecule has 0 aromatic rings. The van der Waals surface area contributed by atoms with E-state index in [2.05, 4.69) is 6.92 Å². The van der Waals surface area contributed by atoms with Gasteiger partial charge in [-0.3, -0.25) is 0 Å². The topological polar surface area (TPSA) is 0 Å². The van der Waals surface area contributed by atoms with Gasteiger partial charge in [-0.05, 0) is 6.42 Å². The largest absolute Gasteiger partial charge is 0.247 e. The Labute approximate surface area is 47.5 Å². The predicted octanol–water partition coefficient (Wildman–Crippen LogP) is 1.85. The molecule has 0 amide bonds. The third-order valence-electron chi connectivity index (χ3n) is 1.15. The Morgan fingerprint density at radius 2 is 2.43 bits per heavy atom. The number of thioether (sulfide) groups is 1. The van der Waals surface area contributed by atoms with E-state index in [-0.39, 0.29) is 0 Å². The van der Waals surface area contributed by atoms with Crippen LogP contribution in [0.5, 0.6) is 0 Å². The van der Waals surface area contributed by atoms with E-state index in [9.17, 15) is 4.39 Å². The average Bonchev–Trinajstić information content (AvgIpc) is 1.87. The zero-order chi connectivity index (χ0) is 5.28. The molecule has 1 rings (SSSR count). The Kier molecular flexibility index (Phi) is 1.57. The molecular weight excluding hydrogens is 111 g/mol. The number of hydrogen-bond acceptors (Lipinski definition) is 1. The Hall–Kier alpha value is 0.280. The second-order valence-corrected chi connectivity index (χ2v) is 3.45. The van der Waals surface area contributed by atoms with Crippen molar-refractivity contribution in [2.45, 2.75) is 24.8 Å². The number of halogens is 1. The zero-order valence-electron chi connectivity index (χ0n) is 4.36. The Morgan fingerprint density at radius 1 is 1.71 bits per heavy atom. The summed E-state index contributed by atoms with van der Waals surface area (Å²) in [5.74, 6) is 0.723. The van der Waals surface area contributed by atoms with Crippen LogP contribution in [0.3, 0.4) is 0 Å². The molecule has 0 saturated carbocycles. The second-order valence-electron chi connectivity index (χ2n) is 1.98. The average molecular weight is 120 g/mol. The molecule has 2 heteroatoms. The van der Waals surface area contributed by atoms with E-state index in [1.54, 1.807) is 11.8 Å². The van der Waals surface area contributed by atoms with Crippen molar-refractivity contribution in [1.29, 1.82) is 0 Å². The van der Waals surface area contributed by atoms with Gasteiger partial charge in [0, 0.05) is 11.0 Å². The minimum absolute atomic E-state index is 0.514. The van der Waals surface area contributed by atoms with Crippen LogP contribution in [-0.4, -0.2) is 17.2 Å². The molecule has 0 N–H and O–H groups in total. The minimum atomic E-state index is -0.514. The van der Waals surface area contributed by atoms with Crippen LogP contribution in [0.15, 0.2) is 0 Å². The lowest BCUT2D eigenvalue weighted by atomic mass is 10.2. The highest BCUT2D eigenvalue weighted by molar-refractivity contribution is 8.00. The van der Waals surface area contributed by atoms with E-state index >= 15 is 0 Å². The van der Waals surface area contributed by atoms with Crippen molar-refractivity contribution in [3.8, 4) is 0 Å². The third kappa shape index (κ3) is 1.34. The first kappa shape index (κ1) is 5.42. The highest BCUT2D eigenvalue weighted by Crippen LogP contribution is 2.27. The van der Waals surface area contributed by atoms with Crippen molar-refractivity contribution in [2.24, 2.45) is 0 Å². The first-order valence-corrected chi connectivity index (χ1v) is 3.59.